The molecule has 6 heteroatoms. The molecule has 3 rings (SSSR count). The SMILES string of the molecule is COC(=O)c1ccc([C@@H]2C3=C(CC(C)(C)CC3=O)N=C(C)C2C(=O)OC(C)C)cc1. The van der Waals surface area contributed by atoms with Crippen LogP contribution in [0.15, 0.2) is 40.5 Å². The Kier molecular flexibility index (Phi) is 5.97. The van der Waals surface area contributed by atoms with Crippen molar-refractivity contribution in [1.29, 1.82) is 0 Å². The number of methoxy groups -OCH3 is 1. The number of nitrogens with zero attached hydrogens (tertiary/aromatic N) is 1. The smallest absolute Gasteiger partial charge is 0.337 e. The van der Waals surface area contributed by atoms with Gasteiger partial charge in [-0.25, -0.2) is 4.79 Å². The molecular formula is C24H29NO5. The Morgan fingerprint density at radius 2 is 1.77 bits per heavy atom. The van der Waals surface area contributed by atoms with Crippen molar-refractivity contribution in [1.82, 2.24) is 0 Å². The first-order valence-electron chi connectivity index (χ1n) is 10.2. The highest BCUT2D eigenvalue weighted by atomic mass is 16.5. The highest BCUT2D eigenvalue weighted by molar-refractivity contribution is 6.09. The summed E-state index contributed by atoms with van der Waals surface area (Å²) in [5, 5.41) is 0. The van der Waals surface area contributed by atoms with Gasteiger partial charge in [-0.05, 0) is 50.3 Å². The molecule has 1 aromatic rings. The highest BCUT2D eigenvalue weighted by Gasteiger charge is 2.46. The molecule has 1 unspecified atom stereocenters. The minimum Gasteiger partial charge on any atom is -0.465 e. The highest BCUT2D eigenvalue weighted by Crippen LogP contribution is 2.48. The summed E-state index contributed by atoms with van der Waals surface area (Å²) in [6, 6.07) is 6.88. The monoisotopic (exact) mass is 411 g/mol. The number of rotatable bonds is 4. The molecule has 6 nitrogen and oxygen atoms in total. The van der Waals surface area contributed by atoms with E-state index in [-0.39, 0.29) is 17.3 Å². The summed E-state index contributed by atoms with van der Waals surface area (Å²) in [5.74, 6) is -1.98. The average Bonchev–Trinajstić information content (AvgIpc) is 2.64. The van der Waals surface area contributed by atoms with E-state index in [1.165, 1.54) is 7.11 Å². The fourth-order valence-electron chi connectivity index (χ4n) is 4.36. The standard InChI is InChI=1S/C24H29NO5/c1-13(2)30-23(28)19-14(3)25-17-11-24(4,5)12-18(26)21(17)20(19)15-7-9-16(10-8-15)22(27)29-6/h7-10,13,19-20H,11-12H2,1-6H3/t19?,20-/m0/s1. The molecule has 1 heterocycles. The minimum atomic E-state index is -0.680. The molecule has 1 aliphatic carbocycles. The maximum absolute atomic E-state index is 13.2. The van der Waals surface area contributed by atoms with E-state index in [1.807, 2.05) is 6.92 Å². The molecule has 0 aromatic heterocycles. The van der Waals surface area contributed by atoms with Crippen LogP contribution in [-0.2, 0) is 19.1 Å². The number of aliphatic imine (C=N–C) groups is 1. The van der Waals surface area contributed by atoms with Crippen molar-refractivity contribution >= 4 is 23.4 Å². The molecule has 0 saturated carbocycles. The van der Waals surface area contributed by atoms with Crippen LogP contribution in [0.1, 0.15) is 69.3 Å². The lowest BCUT2D eigenvalue weighted by molar-refractivity contribution is -0.150. The Labute approximate surface area is 177 Å². The number of esters is 2. The Balaban J connectivity index is 2.12. The van der Waals surface area contributed by atoms with Gasteiger partial charge in [0.2, 0.25) is 0 Å². The average molecular weight is 411 g/mol. The van der Waals surface area contributed by atoms with Crippen LogP contribution in [0, 0.1) is 11.3 Å². The Morgan fingerprint density at radius 3 is 2.33 bits per heavy atom. The summed E-state index contributed by atoms with van der Waals surface area (Å²) in [4.78, 5) is 42.7. The third-order valence-electron chi connectivity index (χ3n) is 5.60. The van der Waals surface area contributed by atoms with E-state index in [0.717, 1.165) is 11.3 Å². The maximum atomic E-state index is 13.2. The van der Waals surface area contributed by atoms with Gasteiger partial charge in [-0.1, -0.05) is 26.0 Å². The number of ether oxygens (including phenoxy) is 2. The molecule has 0 bridgehead atoms. The number of carbonyl (C=O) groups is 3. The van der Waals surface area contributed by atoms with Crippen molar-refractivity contribution in [3.05, 3.63) is 46.7 Å². The number of ketones is 1. The van der Waals surface area contributed by atoms with E-state index < -0.39 is 23.8 Å². The van der Waals surface area contributed by atoms with E-state index in [4.69, 9.17) is 14.5 Å². The molecule has 0 fully saturated rings. The van der Waals surface area contributed by atoms with Crippen molar-refractivity contribution in [2.24, 2.45) is 16.3 Å². The van der Waals surface area contributed by atoms with Gasteiger partial charge in [0.1, 0.15) is 5.92 Å². The summed E-state index contributed by atoms with van der Waals surface area (Å²) in [6.07, 6.45) is 0.806. The maximum Gasteiger partial charge on any atom is 0.337 e. The molecule has 0 saturated heterocycles. The number of hydrogen-bond donors (Lipinski definition) is 0. The van der Waals surface area contributed by atoms with Gasteiger partial charge in [0.15, 0.2) is 5.78 Å². The fourth-order valence-corrected chi connectivity index (χ4v) is 4.36. The largest absolute Gasteiger partial charge is 0.465 e. The van der Waals surface area contributed by atoms with E-state index in [9.17, 15) is 14.4 Å². The second-order valence-corrected chi connectivity index (χ2v) is 9.11. The lowest BCUT2D eigenvalue weighted by Crippen LogP contribution is -2.40. The van der Waals surface area contributed by atoms with Gasteiger partial charge in [-0.15, -0.1) is 0 Å². The zero-order chi connectivity index (χ0) is 22.2. The van der Waals surface area contributed by atoms with E-state index in [2.05, 4.69) is 13.8 Å². The lowest BCUT2D eigenvalue weighted by Gasteiger charge is -2.39. The summed E-state index contributed by atoms with van der Waals surface area (Å²) in [6.45, 7) is 9.52. The van der Waals surface area contributed by atoms with Gasteiger partial charge in [0.05, 0.1) is 18.8 Å². The molecule has 1 aliphatic heterocycles. The van der Waals surface area contributed by atoms with Gasteiger partial charge in [-0.2, -0.15) is 0 Å². The second-order valence-electron chi connectivity index (χ2n) is 9.11. The zero-order valence-corrected chi connectivity index (χ0v) is 18.4. The van der Waals surface area contributed by atoms with Crippen LogP contribution >= 0.6 is 0 Å². The lowest BCUT2D eigenvalue weighted by atomic mass is 9.67. The Hall–Kier alpha value is -2.76. The number of allylic oxidation sites excluding steroid dienone is 2. The summed E-state index contributed by atoms with van der Waals surface area (Å²) >= 11 is 0. The zero-order valence-electron chi connectivity index (χ0n) is 18.4. The minimum absolute atomic E-state index is 0.0156. The van der Waals surface area contributed by atoms with Crippen LogP contribution in [0.3, 0.4) is 0 Å². The first-order chi connectivity index (χ1) is 14.0. The topological polar surface area (TPSA) is 82.0 Å². The molecule has 0 N–H and O–H groups in total. The molecule has 2 atom stereocenters. The third kappa shape index (κ3) is 4.23. The van der Waals surface area contributed by atoms with Gasteiger partial charge in [-0.3, -0.25) is 14.6 Å². The van der Waals surface area contributed by atoms with Gasteiger partial charge < -0.3 is 9.47 Å². The predicted octanol–water partition coefficient (Wildman–Crippen LogP) is 4.24. The molecule has 1 aromatic carbocycles. The van der Waals surface area contributed by atoms with Crippen LogP contribution in [0.2, 0.25) is 0 Å². The number of benzene rings is 1. The number of hydrogen-bond acceptors (Lipinski definition) is 6. The van der Waals surface area contributed by atoms with Crippen molar-refractivity contribution in [3.8, 4) is 0 Å². The predicted molar refractivity (Wildman–Crippen MR) is 113 cm³/mol. The first-order valence-corrected chi connectivity index (χ1v) is 10.2. The summed E-state index contributed by atoms with van der Waals surface area (Å²) < 4.78 is 10.3. The molecule has 0 radical (unpaired) electrons. The third-order valence-corrected chi connectivity index (χ3v) is 5.60. The van der Waals surface area contributed by atoms with Crippen molar-refractivity contribution in [3.63, 3.8) is 0 Å². The second kappa shape index (κ2) is 8.17. The van der Waals surface area contributed by atoms with Gasteiger partial charge in [0.25, 0.3) is 0 Å². The summed E-state index contributed by atoms with van der Waals surface area (Å²) in [5.41, 5.74) is 3.01. The molecular weight excluding hydrogens is 382 g/mol. The van der Waals surface area contributed by atoms with Crippen molar-refractivity contribution in [2.75, 3.05) is 7.11 Å². The normalized spacial score (nSPS) is 23.0. The molecule has 0 spiro atoms. The molecule has 2 aliphatic rings. The fraction of sp³-hybridized carbons (Fsp3) is 0.500. The number of Topliss-reactive ketones (excluding diaryl/α,β-unsaturated/α-hetero) is 1. The van der Waals surface area contributed by atoms with Crippen LogP contribution < -0.4 is 0 Å². The molecule has 160 valence electrons. The van der Waals surface area contributed by atoms with Crippen molar-refractivity contribution in [2.45, 2.75) is 59.5 Å². The summed E-state index contributed by atoms with van der Waals surface area (Å²) in [7, 11) is 1.33. The molecule has 0 amide bonds. The quantitative estimate of drug-likeness (QED) is 0.692. The van der Waals surface area contributed by atoms with E-state index in [0.29, 0.717) is 29.7 Å². The Morgan fingerprint density at radius 1 is 1.13 bits per heavy atom. The van der Waals surface area contributed by atoms with Crippen LogP contribution in [0.4, 0.5) is 0 Å². The van der Waals surface area contributed by atoms with Gasteiger partial charge >= 0.3 is 11.9 Å². The van der Waals surface area contributed by atoms with Crippen LogP contribution in [0.5, 0.6) is 0 Å². The van der Waals surface area contributed by atoms with E-state index >= 15 is 0 Å². The van der Waals surface area contributed by atoms with Gasteiger partial charge in [0, 0.05) is 29.3 Å². The Bertz CT molecular complexity index is 937. The first kappa shape index (κ1) is 21.9. The van der Waals surface area contributed by atoms with Crippen LogP contribution in [0.25, 0.3) is 0 Å². The van der Waals surface area contributed by atoms with Crippen molar-refractivity contribution < 1.29 is 23.9 Å². The number of carbonyl (C=O) groups excluding carboxylic acids is 3. The van der Waals surface area contributed by atoms with Crippen LogP contribution in [-0.4, -0.2) is 36.6 Å². The van der Waals surface area contributed by atoms with E-state index in [1.54, 1.807) is 38.1 Å². The molecule has 30 heavy (non-hydrogen) atoms.